The molecule has 0 saturated carbocycles. The summed E-state index contributed by atoms with van der Waals surface area (Å²) < 4.78 is 8.97. The number of rotatable bonds is 3. The molecule has 0 aromatic carbocycles. The minimum atomic E-state index is 0.684. The maximum absolute atomic E-state index is 4.93. The summed E-state index contributed by atoms with van der Waals surface area (Å²) in [5.74, 6) is 0.684. The number of methoxy groups -OCH3 is 1. The zero-order chi connectivity index (χ0) is 8.10. The van der Waals surface area contributed by atoms with Crippen LogP contribution < -0.4 is 4.74 Å². The van der Waals surface area contributed by atoms with E-state index in [2.05, 4.69) is 20.3 Å². The monoisotopic (exact) mass is 233 g/mol. The Morgan fingerprint density at radius 1 is 1.82 bits per heavy atom. The van der Waals surface area contributed by atoms with Gasteiger partial charge in [0.15, 0.2) is 0 Å². The Hall–Kier alpha value is -0.350. The second kappa shape index (κ2) is 4.51. The summed E-state index contributed by atoms with van der Waals surface area (Å²) >= 11 is 4.73. The Morgan fingerprint density at radius 2 is 2.64 bits per heavy atom. The molecule has 0 aliphatic rings. The van der Waals surface area contributed by atoms with Crippen molar-refractivity contribution in [2.45, 2.75) is 0 Å². The molecule has 1 heterocycles. The quantitative estimate of drug-likeness (QED) is 0.750. The fourth-order valence-corrected chi connectivity index (χ4v) is 1.43. The highest BCUT2D eigenvalue weighted by atomic mass is 79.9. The fourth-order valence-electron chi connectivity index (χ4n) is 0.608. The number of alkyl halides is 1. The van der Waals surface area contributed by atoms with Crippen LogP contribution in [-0.2, 0) is 0 Å². The van der Waals surface area contributed by atoms with Gasteiger partial charge in [0, 0.05) is 11.4 Å². The number of allylic oxidation sites excluding steroid dienone is 1. The number of aromatic nitrogens is 1. The average molecular weight is 234 g/mol. The largest absolute Gasteiger partial charge is 0.480 e. The van der Waals surface area contributed by atoms with E-state index in [0.29, 0.717) is 5.88 Å². The number of ether oxygens (including phenoxy) is 1. The second-order valence-electron chi connectivity index (χ2n) is 1.83. The van der Waals surface area contributed by atoms with Crippen LogP contribution in [0.2, 0.25) is 0 Å². The molecule has 4 heteroatoms. The van der Waals surface area contributed by atoms with Crippen LogP contribution in [0.1, 0.15) is 4.88 Å². The predicted molar refractivity (Wildman–Crippen MR) is 51.5 cm³/mol. The third-order valence-electron chi connectivity index (χ3n) is 1.09. The molecule has 11 heavy (non-hydrogen) atoms. The van der Waals surface area contributed by atoms with Gasteiger partial charge in [-0.25, -0.2) is 0 Å². The maximum atomic E-state index is 4.93. The van der Waals surface area contributed by atoms with Crippen LogP contribution in [-0.4, -0.2) is 16.8 Å². The number of hydrogen-bond acceptors (Lipinski definition) is 3. The zero-order valence-electron chi connectivity index (χ0n) is 6.08. The van der Waals surface area contributed by atoms with Crippen molar-refractivity contribution in [2.75, 3.05) is 12.4 Å². The van der Waals surface area contributed by atoms with Crippen LogP contribution in [0.25, 0.3) is 6.08 Å². The molecule has 0 aliphatic heterocycles. The Labute approximate surface area is 78.2 Å². The smallest absolute Gasteiger partial charge is 0.225 e. The summed E-state index contributed by atoms with van der Waals surface area (Å²) in [4.78, 5) is 1.11. The van der Waals surface area contributed by atoms with E-state index in [4.69, 9.17) is 4.74 Å². The van der Waals surface area contributed by atoms with E-state index >= 15 is 0 Å². The Kier molecular flexibility index (Phi) is 3.59. The van der Waals surface area contributed by atoms with Gasteiger partial charge in [-0.2, -0.15) is 4.37 Å². The molecule has 60 valence electrons. The van der Waals surface area contributed by atoms with Gasteiger partial charge in [0.2, 0.25) is 5.88 Å². The molecule has 1 aromatic rings. The van der Waals surface area contributed by atoms with Crippen LogP contribution in [0.4, 0.5) is 0 Å². The van der Waals surface area contributed by atoms with Gasteiger partial charge in [-0.15, -0.1) is 0 Å². The molecular formula is C7H8BrNOS. The van der Waals surface area contributed by atoms with Gasteiger partial charge in [0.25, 0.3) is 0 Å². The maximum Gasteiger partial charge on any atom is 0.225 e. The van der Waals surface area contributed by atoms with Crippen molar-refractivity contribution in [1.29, 1.82) is 0 Å². The van der Waals surface area contributed by atoms with Gasteiger partial charge in [-0.3, -0.25) is 0 Å². The molecular weight excluding hydrogens is 226 g/mol. The highest BCUT2D eigenvalue weighted by Gasteiger charge is 1.95. The highest BCUT2D eigenvalue weighted by molar-refractivity contribution is 9.09. The van der Waals surface area contributed by atoms with Crippen molar-refractivity contribution in [3.8, 4) is 5.88 Å². The number of halogens is 1. The molecule has 0 amide bonds. The third kappa shape index (κ3) is 2.63. The van der Waals surface area contributed by atoms with Crippen LogP contribution in [0, 0.1) is 0 Å². The molecule has 0 N–H and O–H groups in total. The van der Waals surface area contributed by atoms with Crippen molar-refractivity contribution in [3.05, 3.63) is 17.0 Å². The summed E-state index contributed by atoms with van der Waals surface area (Å²) in [7, 11) is 1.62. The normalized spacial score (nSPS) is 10.7. The van der Waals surface area contributed by atoms with Gasteiger partial charge in [-0.05, 0) is 17.6 Å². The fraction of sp³-hybridized carbons (Fsp3) is 0.286. The lowest BCUT2D eigenvalue weighted by Gasteiger charge is -1.85. The first kappa shape index (κ1) is 8.74. The average Bonchev–Trinajstić information content (AvgIpc) is 2.48. The van der Waals surface area contributed by atoms with Gasteiger partial charge in [0.1, 0.15) is 0 Å². The van der Waals surface area contributed by atoms with Gasteiger partial charge >= 0.3 is 0 Å². The molecule has 0 saturated heterocycles. The molecule has 0 aliphatic carbocycles. The predicted octanol–water partition coefficient (Wildman–Crippen LogP) is 2.56. The Bertz CT molecular complexity index is 246. The van der Waals surface area contributed by atoms with Crippen molar-refractivity contribution in [2.24, 2.45) is 0 Å². The van der Waals surface area contributed by atoms with Crippen LogP contribution in [0.3, 0.4) is 0 Å². The van der Waals surface area contributed by atoms with Gasteiger partial charge in [0.05, 0.1) is 12.0 Å². The summed E-state index contributed by atoms with van der Waals surface area (Å²) in [5, 5.41) is 0.868. The van der Waals surface area contributed by atoms with Crippen molar-refractivity contribution in [1.82, 2.24) is 4.37 Å². The molecule has 2 nitrogen and oxygen atoms in total. The van der Waals surface area contributed by atoms with Gasteiger partial charge < -0.3 is 4.74 Å². The summed E-state index contributed by atoms with van der Waals surface area (Å²) in [6.45, 7) is 0. The zero-order valence-corrected chi connectivity index (χ0v) is 8.48. The molecule has 0 fully saturated rings. The SMILES string of the molecule is COc1cc(/C=C/CBr)sn1. The van der Waals surface area contributed by atoms with E-state index in [-0.39, 0.29) is 0 Å². The lowest BCUT2D eigenvalue weighted by molar-refractivity contribution is 0.402. The molecule has 0 atom stereocenters. The first-order chi connectivity index (χ1) is 5.36. The van der Waals surface area contributed by atoms with E-state index in [1.807, 2.05) is 18.2 Å². The summed E-state index contributed by atoms with van der Waals surface area (Å²) in [6.07, 6.45) is 4.03. The minimum Gasteiger partial charge on any atom is -0.480 e. The van der Waals surface area contributed by atoms with Crippen molar-refractivity contribution in [3.63, 3.8) is 0 Å². The van der Waals surface area contributed by atoms with Gasteiger partial charge in [-0.1, -0.05) is 22.0 Å². The van der Waals surface area contributed by atoms with E-state index < -0.39 is 0 Å². The van der Waals surface area contributed by atoms with Crippen LogP contribution >= 0.6 is 27.5 Å². The lowest BCUT2D eigenvalue weighted by atomic mass is 10.4. The molecule has 1 aromatic heterocycles. The van der Waals surface area contributed by atoms with Crippen LogP contribution in [0.15, 0.2) is 12.1 Å². The molecule has 1 rings (SSSR count). The number of hydrogen-bond donors (Lipinski definition) is 0. The van der Waals surface area contributed by atoms with Crippen molar-refractivity contribution >= 4 is 33.5 Å². The first-order valence-electron chi connectivity index (χ1n) is 3.10. The molecule has 0 bridgehead atoms. The molecule has 0 unspecified atom stereocenters. The Balaban J connectivity index is 2.65. The summed E-state index contributed by atoms with van der Waals surface area (Å²) in [5.41, 5.74) is 0. The van der Waals surface area contributed by atoms with E-state index in [0.717, 1.165) is 10.2 Å². The topological polar surface area (TPSA) is 22.1 Å². The number of nitrogens with zero attached hydrogens (tertiary/aromatic N) is 1. The van der Waals surface area contributed by atoms with E-state index in [1.165, 1.54) is 11.5 Å². The van der Waals surface area contributed by atoms with Crippen LogP contribution in [0.5, 0.6) is 5.88 Å². The first-order valence-corrected chi connectivity index (χ1v) is 4.99. The molecule has 0 spiro atoms. The third-order valence-corrected chi connectivity index (χ3v) is 2.20. The standard InChI is InChI=1S/C7H8BrNOS/c1-10-7-5-6(11-9-7)3-2-4-8/h2-3,5H,4H2,1H3/b3-2+. The second-order valence-corrected chi connectivity index (χ2v) is 3.31. The minimum absolute atomic E-state index is 0.684. The lowest BCUT2D eigenvalue weighted by Crippen LogP contribution is -1.78. The Morgan fingerprint density at radius 3 is 3.18 bits per heavy atom. The summed E-state index contributed by atoms with van der Waals surface area (Å²) in [6, 6.07) is 1.91. The highest BCUT2D eigenvalue weighted by Crippen LogP contribution is 2.17. The van der Waals surface area contributed by atoms with Crippen molar-refractivity contribution < 1.29 is 4.74 Å². The van der Waals surface area contributed by atoms with E-state index in [9.17, 15) is 0 Å². The molecule has 0 radical (unpaired) electrons. The van der Waals surface area contributed by atoms with E-state index in [1.54, 1.807) is 7.11 Å².